The molecule has 0 unspecified atom stereocenters. The first-order valence-corrected chi connectivity index (χ1v) is 6.52. The molecule has 4 rings (SSSR count). The second kappa shape index (κ2) is 4.54. The minimum Gasteiger partial charge on any atom is -0.336 e. The Labute approximate surface area is 126 Å². The summed E-state index contributed by atoms with van der Waals surface area (Å²) in [6.45, 7) is 0. The molecular formula is C11H5Cl2N7O. The number of hydrogen-bond donors (Lipinski definition) is 1. The second-order valence-corrected chi connectivity index (χ2v) is 4.99. The lowest BCUT2D eigenvalue weighted by molar-refractivity contribution is 0.314. The highest BCUT2D eigenvalue weighted by Crippen LogP contribution is 2.29. The van der Waals surface area contributed by atoms with Crippen molar-refractivity contribution in [3.8, 4) is 0 Å². The molecule has 3 aromatic heterocycles. The summed E-state index contributed by atoms with van der Waals surface area (Å²) in [6, 6.07) is 5.06. The van der Waals surface area contributed by atoms with E-state index in [9.17, 15) is 0 Å². The average molecular weight is 322 g/mol. The van der Waals surface area contributed by atoms with E-state index in [1.807, 2.05) is 0 Å². The Balaban J connectivity index is 1.92. The standard InChI is InChI=1S/C11H5Cl2N7O/c12-5-1-2-6(13)7(3-5)15-8-10-17-14-4-20(10)11-9(16-8)18-21-19-11/h1-4H,(H,15,16,18). The monoisotopic (exact) mass is 321 g/mol. The third-order valence-electron chi connectivity index (χ3n) is 2.84. The number of hydrogen-bond acceptors (Lipinski definition) is 7. The van der Waals surface area contributed by atoms with Crippen LogP contribution in [-0.4, -0.2) is 29.9 Å². The van der Waals surface area contributed by atoms with Gasteiger partial charge in [0.1, 0.15) is 6.33 Å². The van der Waals surface area contributed by atoms with Crippen molar-refractivity contribution in [1.82, 2.24) is 29.9 Å². The number of rotatable bonds is 2. The van der Waals surface area contributed by atoms with Crippen LogP contribution in [0, 0.1) is 0 Å². The van der Waals surface area contributed by atoms with Crippen LogP contribution in [0.4, 0.5) is 11.5 Å². The molecule has 0 atom stereocenters. The van der Waals surface area contributed by atoms with Gasteiger partial charge in [-0.3, -0.25) is 4.40 Å². The Morgan fingerprint density at radius 2 is 2.05 bits per heavy atom. The largest absolute Gasteiger partial charge is 0.336 e. The Bertz CT molecular complexity index is 964. The molecule has 1 aromatic carbocycles. The van der Waals surface area contributed by atoms with E-state index in [1.54, 1.807) is 22.6 Å². The van der Waals surface area contributed by atoms with Crippen LogP contribution in [0.3, 0.4) is 0 Å². The molecule has 0 bridgehead atoms. The highest BCUT2D eigenvalue weighted by Gasteiger charge is 2.15. The van der Waals surface area contributed by atoms with Gasteiger partial charge in [0.25, 0.3) is 0 Å². The zero-order chi connectivity index (χ0) is 14.4. The van der Waals surface area contributed by atoms with Crippen molar-refractivity contribution < 1.29 is 4.63 Å². The normalized spacial score (nSPS) is 11.3. The molecule has 0 aliphatic heterocycles. The number of fused-ring (bicyclic) bond motifs is 3. The van der Waals surface area contributed by atoms with Crippen molar-refractivity contribution in [2.24, 2.45) is 0 Å². The first kappa shape index (κ1) is 12.3. The van der Waals surface area contributed by atoms with Crippen molar-refractivity contribution in [2.75, 3.05) is 5.32 Å². The van der Waals surface area contributed by atoms with Crippen LogP contribution < -0.4 is 5.32 Å². The number of anilines is 2. The summed E-state index contributed by atoms with van der Waals surface area (Å²) in [5.74, 6) is 0.417. The van der Waals surface area contributed by atoms with Gasteiger partial charge in [-0.05, 0) is 28.5 Å². The lowest BCUT2D eigenvalue weighted by Crippen LogP contribution is -2.00. The maximum absolute atomic E-state index is 6.13. The zero-order valence-electron chi connectivity index (χ0n) is 10.2. The van der Waals surface area contributed by atoms with Crippen LogP contribution in [-0.2, 0) is 0 Å². The molecule has 0 saturated heterocycles. The molecule has 3 heterocycles. The lowest BCUT2D eigenvalue weighted by Gasteiger charge is -2.08. The molecule has 0 aliphatic carbocycles. The van der Waals surface area contributed by atoms with Crippen LogP contribution in [0.15, 0.2) is 29.2 Å². The first-order chi connectivity index (χ1) is 10.2. The van der Waals surface area contributed by atoms with Gasteiger partial charge in [0.2, 0.25) is 16.9 Å². The molecule has 4 aromatic rings. The summed E-state index contributed by atoms with van der Waals surface area (Å²) in [4.78, 5) is 4.30. The van der Waals surface area contributed by atoms with E-state index in [2.05, 4.69) is 35.4 Å². The second-order valence-electron chi connectivity index (χ2n) is 4.15. The Morgan fingerprint density at radius 3 is 2.95 bits per heavy atom. The predicted octanol–water partition coefficient (Wildman–Crippen LogP) is 2.71. The molecule has 8 nitrogen and oxygen atoms in total. The van der Waals surface area contributed by atoms with Gasteiger partial charge in [-0.25, -0.2) is 9.61 Å². The van der Waals surface area contributed by atoms with E-state index >= 15 is 0 Å². The molecule has 0 saturated carbocycles. The molecule has 0 fully saturated rings. The predicted molar refractivity (Wildman–Crippen MR) is 75.9 cm³/mol. The van der Waals surface area contributed by atoms with Gasteiger partial charge in [-0.1, -0.05) is 23.2 Å². The first-order valence-electron chi connectivity index (χ1n) is 5.76. The third-order valence-corrected chi connectivity index (χ3v) is 3.41. The molecule has 104 valence electrons. The Hall–Kier alpha value is -2.45. The molecule has 0 aliphatic rings. The van der Waals surface area contributed by atoms with Gasteiger partial charge in [0.05, 0.1) is 10.7 Å². The molecule has 0 radical (unpaired) electrons. The van der Waals surface area contributed by atoms with Crippen molar-refractivity contribution in [3.05, 3.63) is 34.6 Å². The lowest BCUT2D eigenvalue weighted by atomic mass is 10.3. The SMILES string of the molecule is Clc1ccc(Cl)c(Nc2nc3nonc3n3cnnc23)c1. The number of benzene rings is 1. The van der Waals surface area contributed by atoms with E-state index in [-0.39, 0.29) is 0 Å². The fourth-order valence-corrected chi connectivity index (χ4v) is 2.25. The van der Waals surface area contributed by atoms with E-state index in [4.69, 9.17) is 23.2 Å². The molecule has 0 amide bonds. The van der Waals surface area contributed by atoms with E-state index < -0.39 is 0 Å². The Morgan fingerprint density at radius 1 is 1.14 bits per heavy atom. The summed E-state index contributed by atoms with van der Waals surface area (Å²) in [6.07, 6.45) is 1.49. The summed E-state index contributed by atoms with van der Waals surface area (Å²) < 4.78 is 6.29. The number of halogens is 2. The quantitative estimate of drug-likeness (QED) is 0.606. The fourth-order valence-electron chi connectivity index (χ4n) is 1.91. The zero-order valence-corrected chi connectivity index (χ0v) is 11.7. The van der Waals surface area contributed by atoms with Crippen molar-refractivity contribution >= 4 is 51.6 Å². The van der Waals surface area contributed by atoms with Crippen molar-refractivity contribution in [2.45, 2.75) is 0 Å². The van der Waals surface area contributed by atoms with E-state index in [1.165, 1.54) is 6.33 Å². The highest BCUT2D eigenvalue weighted by molar-refractivity contribution is 6.35. The fraction of sp³-hybridized carbons (Fsp3) is 0. The number of aromatic nitrogens is 6. The van der Waals surface area contributed by atoms with Crippen molar-refractivity contribution in [3.63, 3.8) is 0 Å². The summed E-state index contributed by atoms with van der Waals surface area (Å²) in [5, 5.41) is 19.4. The van der Waals surface area contributed by atoms with Crippen LogP contribution in [0.1, 0.15) is 0 Å². The molecule has 1 N–H and O–H groups in total. The maximum Gasteiger partial charge on any atom is 0.244 e. The van der Waals surface area contributed by atoms with Crippen molar-refractivity contribution in [1.29, 1.82) is 0 Å². The smallest absolute Gasteiger partial charge is 0.244 e. The number of nitrogens with zero attached hydrogens (tertiary/aromatic N) is 6. The van der Waals surface area contributed by atoms with Gasteiger partial charge in [-0.2, -0.15) is 0 Å². The minimum absolute atomic E-state index is 0.322. The van der Waals surface area contributed by atoms with Crippen LogP contribution in [0.5, 0.6) is 0 Å². The van der Waals surface area contributed by atoms with Crippen LogP contribution in [0.25, 0.3) is 16.9 Å². The molecular weight excluding hydrogens is 317 g/mol. The molecule has 0 spiro atoms. The minimum atomic E-state index is 0.322. The van der Waals surface area contributed by atoms with Crippen LogP contribution >= 0.6 is 23.2 Å². The van der Waals surface area contributed by atoms with E-state index in [0.29, 0.717) is 38.5 Å². The van der Waals surface area contributed by atoms with Gasteiger partial charge >= 0.3 is 0 Å². The summed E-state index contributed by atoms with van der Waals surface area (Å²) in [7, 11) is 0. The number of nitrogens with one attached hydrogen (secondary N) is 1. The van der Waals surface area contributed by atoms with Gasteiger partial charge in [0, 0.05) is 5.02 Å². The Kier molecular flexibility index (Phi) is 2.66. The maximum atomic E-state index is 6.13. The van der Waals surface area contributed by atoms with Gasteiger partial charge in [0.15, 0.2) is 5.82 Å². The summed E-state index contributed by atoms with van der Waals surface area (Å²) >= 11 is 12.1. The van der Waals surface area contributed by atoms with E-state index in [0.717, 1.165) is 0 Å². The molecule has 21 heavy (non-hydrogen) atoms. The highest BCUT2D eigenvalue weighted by atomic mass is 35.5. The third kappa shape index (κ3) is 1.96. The average Bonchev–Trinajstić information content (AvgIpc) is 3.10. The van der Waals surface area contributed by atoms with Gasteiger partial charge < -0.3 is 5.32 Å². The molecule has 10 heteroatoms. The van der Waals surface area contributed by atoms with Crippen LogP contribution in [0.2, 0.25) is 10.0 Å². The van der Waals surface area contributed by atoms with Gasteiger partial charge in [-0.15, -0.1) is 10.2 Å². The topological polar surface area (TPSA) is 94.0 Å². The summed E-state index contributed by atoms with van der Waals surface area (Å²) in [5.41, 5.74) is 1.81.